The molecule has 0 radical (unpaired) electrons. The SMILES string of the molecule is COC1=C[C@H]2C(=O)[C@@](CSC)(OC)[C@H]2C[C@@H]1C(=O)OC(C)(C)C. The molecule has 0 aliphatic heterocycles. The number of rotatable bonds is 5. The second-order valence-corrected chi connectivity index (χ2v) is 7.98. The lowest BCUT2D eigenvalue weighted by Crippen LogP contribution is -2.67. The number of Topliss-reactive ketones (excluding diaryl/α,β-unsaturated/α-hetero) is 1. The van der Waals surface area contributed by atoms with E-state index in [2.05, 4.69) is 0 Å². The number of allylic oxidation sites excluding steroid dienone is 1. The number of thioether (sulfide) groups is 1. The molecule has 130 valence electrons. The van der Waals surface area contributed by atoms with Gasteiger partial charge in [-0.2, -0.15) is 11.8 Å². The first-order chi connectivity index (χ1) is 10.7. The lowest BCUT2D eigenvalue weighted by Gasteiger charge is -2.53. The molecule has 0 unspecified atom stereocenters. The van der Waals surface area contributed by atoms with Crippen LogP contribution in [0, 0.1) is 17.8 Å². The third-order valence-electron chi connectivity index (χ3n) is 4.58. The maximum atomic E-state index is 12.6. The summed E-state index contributed by atoms with van der Waals surface area (Å²) in [6.07, 6.45) is 4.24. The normalized spacial score (nSPS) is 33.4. The average molecular weight is 342 g/mol. The van der Waals surface area contributed by atoms with E-state index < -0.39 is 17.1 Å². The molecule has 0 spiro atoms. The Balaban J connectivity index is 2.27. The Bertz CT molecular complexity index is 522. The highest BCUT2D eigenvalue weighted by Crippen LogP contribution is 2.52. The standard InChI is InChI=1S/C17H26O5S/c1-16(2,3)22-15(19)11-7-12-10(8-13(11)20-4)14(18)17(12,21-5)9-23-6/h8,10-12H,7,9H2,1-6H3/t10-,11+,12+,17+/m1/s1. The summed E-state index contributed by atoms with van der Waals surface area (Å²) in [4.78, 5) is 25.1. The highest BCUT2D eigenvalue weighted by molar-refractivity contribution is 7.98. The van der Waals surface area contributed by atoms with Crippen LogP contribution < -0.4 is 0 Å². The van der Waals surface area contributed by atoms with Crippen molar-refractivity contribution < 1.29 is 23.8 Å². The monoisotopic (exact) mass is 342 g/mol. The topological polar surface area (TPSA) is 61.8 Å². The minimum absolute atomic E-state index is 0.0103. The van der Waals surface area contributed by atoms with Gasteiger partial charge in [-0.05, 0) is 39.5 Å². The minimum atomic E-state index is -0.792. The van der Waals surface area contributed by atoms with Crippen molar-refractivity contribution in [2.45, 2.75) is 38.4 Å². The van der Waals surface area contributed by atoms with Gasteiger partial charge in [0.1, 0.15) is 22.9 Å². The Labute approximate surface area is 142 Å². The van der Waals surface area contributed by atoms with Crippen LogP contribution in [0.4, 0.5) is 0 Å². The van der Waals surface area contributed by atoms with Crippen LogP contribution in [-0.2, 0) is 23.8 Å². The molecule has 6 heteroatoms. The third kappa shape index (κ3) is 3.15. The van der Waals surface area contributed by atoms with E-state index in [4.69, 9.17) is 14.2 Å². The fourth-order valence-electron chi connectivity index (χ4n) is 3.53. The number of hydrogen-bond acceptors (Lipinski definition) is 6. The van der Waals surface area contributed by atoms with E-state index in [1.165, 1.54) is 7.11 Å². The van der Waals surface area contributed by atoms with Crippen molar-refractivity contribution in [3.8, 4) is 0 Å². The molecule has 2 aliphatic rings. The zero-order valence-corrected chi connectivity index (χ0v) is 15.5. The number of ether oxygens (including phenoxy) is 3. The Morgan fingerprint density at radius 1 is 1.39 bits per heavy atom. The number of carbonyl (C=O) groups is 2. The van der Waals surface area contributed by atoms with Crippen LogP contribution in [0.3, 0.4) is 0 Å². The van der Waals surface area contributed by atoms with Crippen molar-refractivity contribution in [2.75, 3.05) is 26.2 Å². The fraction of sp³-hybridized carbons (Fsp3) is 0.765. The molecule has 5 nitrogen and oxygen atoms in total. The van der Waals surface area contributed by atoms with Crippen molar-refractivity contribution in [1.29, 1.82) is 0 Å². The van der Waals surface area contributed by atoms with Crippen LogP contribution in [0.2, 0.25) is 0 Å². The summed E-state index contributed by atoms with van der Waals surface area (Å²) in [5, 5.41) is 0. The number of hydrogen-bond donors (Lipinski definition) is 0. The summed E-state index contributed by atoms with van der Waals surface area (Å²) in [6.45, 7) is 5.52. The van der Waals surface area contributed by atoms with Gasteiger partial charge in [-0.3, -0.25) is 9.59 Å². The summed E-state index contributed by atoms with van der Waals surface area (Å²) in [5.41, 5.74) is -1.35. The van der Waals surface area contributed by atoms with Crippen molar-refractivity contribution in [2.24, 2.45) is 17.8 Å². The average Bonchev–Trinajstić information content (AvgIpc) is 2.49. The fourth-order valence-corrected chi connectivity index (χ4v) is 4.44. The second kappa shape index (κ2) is 6.48. The highest BCUT2D eigenvalue weighted by Gasteiger charge is 2.64. The first kappa shape index (κ1) is 18.3. The Kier molecular flexibility index (Phi) is 5.16. The van der Waals surface area contributed by atoms with Crippen molar-refractivity contribution >= 4 is 23.5 Å². The van der Waals surface area contributed by atoms with E-state index in [1.54, 1.807) is 24.9 Å². The summed E-state index contributed by atoms with van der Waals surface area (Å²) in [5.74, 6) is 0.183. The molecule has 1 saturated carbocycles. The maximum Gasteiger partial charge on any atom is 0.317 e. The van der Waals surface area contributed by atoms with E-state index in [0.29, 0.717) is 17.9 Å². The number of esters is 1. The molecule has 0 N–H and O–H groups in total. The second-order valence-electron chi connectivity index (χ2n) is 7.12. The largest absolute Gasteiger partial charge is 0.501 e. The third-order valence-corrected chi connectivity index (χ3v) is 5.30. The van der Waals surface area contributed by atoms with Gasteiger partial charge in [0.2, 0.25) is 0 Å². The molecule has 0 bridgehead atoms. The van der Waals surface area contributed by atoms with Gasteiger partial charge >= 0.3 is 5.97 Å². The molecular weight excluding hydrogens is 316 g/mol. The van der Waals surface area contributed by atoms with Crippen LogP contribution in [-0.4, -0.2) is 49.2 Å². The molecule has 4 atom stereocenters. The summed E-state index contributed by atoms with van der Waals surface area (Å²) in [6, 6.07) is 0. The lowest BCUT2D eigenvalue weighted by molar-refractivity contribution is -0.182. The van der Waals surface area contributed by atoms with Crippen LogP contribution in [0.15, 0.2) is 11.8 Å². The molecule has 2 aliphatic carbocycles. The minimum Gasteiger partial charge on any atom is -0.501 e. The van der Waals surface area contributed by atoms with Crippen LogP contribution in [0.1, 0.15) is 27.2 Å². The molecule has 1 fully saturated rings. The van der Waals surface area contributed by atoms with Crippen LogP contribution in [0.5, 0.6) is 0 Å². The van der Waals surface area contributed by atoms with Crippen LogP contribution >= 0.6 is 11.8 Å². The molecule has 0 aromatic heterocycles. The Hall–Kier alpha value is -1.01. The van der Waals surface area contributed by atoms with E-state index in [1.807, 2.05) is 27.0 Å². The quantitative estimate of drug-likeness (QED) is 0.715. The predicted molar refractivity (Wildman–Crippen MR) is 89.2 cm³/mol. The zero-order valence-electron chi connectivity index (χ0n) is 14.7. The Morgan fingerprint density at radius 3 is 2.52 bits per heavy atom. The van der Waals surface area contributed by atoms with Gasteiger partial charge in [0, 0.05) is 24.7 Å². The smallest absolute Gasteiger partial charge is 0.317 e. The molecule has 2 rings (SSSR count). The molecule has 0 heterocycles. The summed E-state index contributed by atoms with van der Waals surface area (Å²) < 4.78 is 16.5. The van der Waals surface area contributed by atoms with Crippen molar-refractivity contribution in [3.05, 3.63) is 11.8 Å². The number of ketones is 1. The molecule has 23 heavy (non-hydrogen) atoms. The van der Waals surface area contributed by atoms with Gasteiger partial charge in [0.05, 0.1) is 7.11 Å². The molecule has 0 amide bonds. The van der Waals surface area contributed by atoms with E-state index >= 15 is 0 Å². The van der Waals surface area contributed by atoms with Crippen molar-refractivity contribution in [1.82, 2.24) is 0 Å². The van der Waals surface area contributed by atoms with E-state index in [0.717, 1.165) is 0 Å². The summed E-state index contributed by atoms with van der Waals surface area (Å²) >= 11 is 1.58. The lowest BCUT2D eigenvalue weighted by atomic mass is 9.55. The highest BCUT2D eigenvalue weighted by atomic mass is 32.2. The number of fused-ring (bicyclic) bond motifs is 1. The molecule has 0 aromatic carbocycles. The Morgan fingerprint density at radius 2 is 2.04 bits per heavy atom. The van der Waals surface area contributed by atoms with Crippen LogP contribution in [0.25, 0.3) is 0 Å². The number of methoxy groups -OCH3 is 2. The van der Waals surface area contributed by atoms with Gasteiger partial charge in [-0.15, -0.1) is 0 Å². The first-order valence-electron chi connectivity index (χ1n) is 7.77. The first-order valence-corrected chi connectivity index (χ1v) is 9.16. The molecule has 0 aromatic rings. The predicted octanol–water partition coefficient (Wildman–Crippen LogP) is 2.44. The molecular formula is C17H26O5S. The summed E-state index contributed by atoms with van der Waals surface area (Å²) in [7, 11) is 3.10. The van der Waals surface area contributed by atoms with Gasteiger partial charge in [-0.1, -0.05) is 0 Å². The number of carbonyl (C=O) groups excluding carboxylic acids is 2. The van der Waals surface area contributed by atoms with E-state index in [9.17, 15) is 9.59 Å². The van der Waals surface area contributed by atoms with Gasteiger partial charge in [0.25, 0.3) is 0 Å². The van der Waals surface area contributed by atoms with E-state index in [-0.39, 0.29) is 23.6 Å². The van der Waals surface area contributed by atoms with Gasteiger partial charge in [0.15, 0.2) is 5.78 Å². The maximum absolute atomic E-state index is 12.6. The zero-order chi connectivity index (χ0) is 17.4. The van der Waals surface area contributed by atoms with Crippen molar-refractivity contribution in [3.63, 3.8) is 0 Å². The van der Waals surface area contributed by atoms with Gasteiger partial charge < -0.3 is 14.2 Å². The van der Waals surface area contributed by atoms with Gasteiger partial charge in [-0.25, -0.2) is 0 Å². The molecule has 0 saturated heterocycles.